The van der Waals surface area contributed by atoms with E-state index >= 15 is 0 Å². The first kappa shape index (κ1) is 20.2. The Balaban J connectivity index is 1.50. The summed E-state index contributed by atoms with van der Waals surface area (Å²) in [6.07, 6.45) is 13.2. The normalized spacial score (nSPS) is 12.4. The number of hydrogen-bond acceptors (Lipinski definition) is 5. The first-order valence-corrected chi connectivity index (χ1v) is 11.1. The molecule has 4 heterocycles. The molecule has 0 amide bonds. The Bertz CT molecular complexity index is 1640. The lowest BCUT2D eigenvalue weighted by Crippen LogP contribution is -2.16. The van der Waals surface area contributed by atoms with Crippen molar-refractivity contribution in [3.63, 3.8) is 0 Å². The second-order valence-corrected chi connectivity index (χ2v) is 8.57. The Labute approximate surface area is 196 Å². The minimum absolute atomic E-state index is 0.175. The molecule has 0 saturated heterocycles. The number of imidazole rings is 1. The van der Waals surface area contributed by atoms with Crippen LogP contribution < -0.4 is 5.32 Å². The molecule has 0 saturated carbocycles. The van der Waals surface area contributed by atoms with Gasteiger partial charge in [-0.25, -0.2) is 4.98 Å². The zero-order valence-electron chi connectivity index (χ0n) is 19.2. The average molecular weight is 449 g/mol. The van der Waals surface area contributed by atoms with Gasteiger partial charge >= 0.3 is 0 Å². The van der Waals surface area contributed by atoms with E-state index in [-0.39, 0.29) is 6.04 Å². The topological polar surface area (TPSA) is 78.4 Å². The van der Waals surface area contributed by atoms with E-state index < -0.39 is 0 Å². The molecule has 6 aromatic rings. The molecule has 8 heteroatoms. The zero-order chi connectivity index (χ0) is 23.2. The molecule has 34 heavy (non-hydrogen) atoms. The number of aromatic nitrogens is 7. The highest BCUT2D eigenvalue weighted by Gasteiger charge is 2.21. The summed E-state index contributed by atoms with van der Waals surface area (Å²) in [5.41, 5.74) is 6.97. The number of aryl methyl sites for hydroxylation is 3. The van der Waals surface area contributed by atoms with E-state index in [2.05, 4.69) is 73.5 Å². The lowest BCUT2D eigenvalue weighted by molar-refractivity contribution is 0.743. The SMILES string of the molecule is Cn1cc([C@@H](Nc2cc(-c3ccc4ccn(C)c4c3)c3nccnc3c2)c2nccn2C)cn1. The van der Waals surface area contributed by atoms with Crippen molar-refractivity contribution >= 4 is 27.6 Å². The Morgan fingerprint density at radius 1 is 0.853 bits per heavy atom. The molecule has 8 nitrogen and oxygen atoms in total. The number of anilines is 1. The molecule has 0 fully saturated rings. The highest BCUT2D eigenvalue weighted by atomic mass is 15.2. The van der Waals surface area contributed by atoms with Crippen LogP contribution in [-0.2, 0) is 21.1 Å². The molecule has 1 N–H and O–H groups in total. The van der Waals surface area contributed by atoms with Crippen LogP contribution in [0.1, 0.15) is 17.4 Å². The Morgan fingerprint density at radius 2 is 1.74 bits per heavy atom. The van der Waals surface area contributed by atoms with Gasteiger partial charge < -0.3 is 14.5 Å². The van der Waals surface area contributed by atoms with Gasteiger partial charge in [0.15, 0.2) is 0 Å². The summed E-state index contributed by atoms with van der Waals surface area (Å²) in [4.78, 5) is 13.9. The van der Waals surface area contributed by atoms with Crippen molar-refractivity contribution in [2.45, 2.75) is 6.04 Å². The van der Waals surface area contributed by atoms with Gasteiger partial charge in [0.2, 0.25) is 0 Å². The van der Waals surface area contributed by atoms with Crippen LogP contribution in [0.4, 0.5) is 5.69 Å². The highest BCUT2D eigenvalue weighted by Crippen LogP contribution is 2.34. The van der Waals surface area contributed by atoms with Crippen LogP contribution in [0.2, 0.25) is 0 Å². The van der Waals surface area contributed by atoms with Crippen LogP contribution in [-0.4, -0.2) is 33.9 Å². The van der Waals surface area contributed by atoms with Gasteiger partial charge in [-0.15, -0.1) is 0 Å². The average Bonchev–Trinajstić information content (AvgIpc) is 3.57. The fourth-order valence-corrected chi connectivity index (χ4v) is 4.52. The molecule has 0 bridgehead atoms. The lowest BCUT2D eigenvalue weighted by Gasteiger charge is -2.20. The molecule has 0 aliphatic rings. The molecule has 0 spiro atoms. The van der Waals surface area contributed by atoms with E-state index in [0.717, 1.165) is 39.2 Å². The van der Waals surface area contributed by atoms with Gasteiger partial charge in [-0.3, -0.25) is 14.6 Å². The molecular formula is C26H24N8. The number of nitrogens with zero attached hydrogens (tertiary/aromatic N) is 7. The predicted molar refractivity (Wildman–Crippen MR) is 133 cm³/mol. The molecule has 0 unspecified atom stereocenters. The van der Waals surface area contributed by atoms with Gasteiger partial charge in [-0.2, -0.15) is 5.10 Å². The number of benzene rings is 2. The summed E-state index contributed by atoms with van der Waals surface area (Å²) < 4.78 is 5.96. The van der Waals surface area contributed by atoms with Crippen molar-refractivity contribution in [2.75, 3.05) is 5.32 Å². The van der Waals surface area contributed by atoms with E-state index in [1.165, 1.54) is 10.9 Å². The molecule has 168 valence electrons. The summed E-state index contributed by atoms with van der Waals surface area (Å²) in [5.74, 6) is 0.902. The smallest absolute Gasteiger partial charge is 0.135 e. The monoisotopic (exact) mass is 448 g/mol. The van der Waals surface area contributed by atoms with Crippen molar-refractivity contribution in [2.24, 2.45) is 21.1 Å². The molecule has 4 aromatic heterocycles. The maximum Gasteiger partial charge on any atom is 0.135 e. The second-order valence-electron chi connectivity index (χ2n) is 8.57. The third-order valence-corrected chi connectivity index (χ3v) is 6.26. The largest absolute Gasteiger partial charge is 0.371 e. The number of hydrogen-bond donors (Lipinski definition) is 1. The summed E-state index contributed by atoms with van der Waals surface area (Å²) in [7, 11) is 5.98. The Hall–Kier alpha value is -4.46. The highest BCUT2D eigenvalue weighted by molar-refractivity contribution is 5.97. The Kier molecular flexibility index (Phi) is 4.65. The number of nitrogens with one attached hydrogen (secondary N) is 1. The van der Waals surface area contributed by atoms with E-state index in [4.69, 9.17) is 0 Å². The summed E-state index contributed by atoms with van der Waals surface area (Å²) in [6, 6.07) is 12.6. The summed E-state index contributed by atoms with van der Waals surface area (Å²) in [6.45, 7) is 0. The maximum absolute atomic E-state index is 4.67. The van der Waals surface area contributed by atoms with Gasteiger partial charge in [0, 0.05) is 80.7 Å². The van der Waals surface area contributed by atoms with Gasteiger partial charge in [0.1, 0.15) is 11.9 Å². The van der Waals surface area contributed by atoms with Crippen molar-refractivity contribution in [1.29, 1.82) is 0 Å². The Morgan fingerprint density at radius 3 is 2.53 bits per heavy atom. The fourth-order valence-electron chi connectivity index (χ4n) is 4.52. The van der Waals surface area contributed by atoms with Gasteiger partial charge in [-0.05, 0) is 35.2 Å². The molecule has 2 aromatic carbocycles. The molecule has 0 aliphatic heterocycles. The summed E-state index contributed by atoms with van der Waals surface area (Å²) in [5, 5.41) is 9.28. The van der Waals surface area contributed by atoms with E-state index in [9.17, 15) is 0 Å². The molecule has 0 radical (unpaired) electrons. The summed E-state index contributed by atoms with van der Waals surface area (Å²) >= 11 is 0. The third kappa shape index (κ3) is 3.40. The van der Waals surface area contributed by atoms with Crippen LogP contribution in [0.5, 0.6) is 0 Å². The first-order valence-electron chi connectivity index (χ1n) is 11.1. The van der Waals surface area contributed by atoms with Gasteiger partial charge in [0.05, 0.1) is 17.2 Å². The standard InChI is InChI=1S/C26H24N8/c1-32-10-6-17-4-5-18(12-23(17)32)21-13-20(14-22-25(21)28-8-7-27-22)31-24(19-15-30-34(3)16-19)26-29-9-11-33(26)2/h4-16,24,31H,1-3H3/t24-/m1/s1. The second kappa shape index (κ2) is 7.84. The quantitative estimate of drug-likeness (QED) is 0.421. The third-order valence-electron chi connectivity index (χ3n) is 6.26. The minimum atomic E-state index is -0.175. The van der Waals surface area contributed by atoms with E-state index in [0.29, 0.717) is 0 Å². The number of rotatable bonds is 5. The van der Waals surface area contributed by atoms with Crippen LogP contribution in [0.15, 0.2) is 79.8 Å². The van der Waals surface area contributed by atoms with Crippen molar-refractivity contribution in [3.8, 4) is 11.1 Å². The minimum Gasteiger partial charge on any atom is -0.371 e. The zero-order valence-corrected chi connectivity index (χ0v) is 19.2. The van der Waals surface area contributed by atoms with E-state index in [1.54, 1.807) is 17.1 Å². The van der Waals surface area contributed by atoms with Crippen LogP contribution in [0.3, 0.4) is 0 Å². The van der Waals surface area contributed by atoms with E-state index in [1.807, 2.05) is 49.5 Å². The molecular weight excluding hydrogens is 424 g/mol. The predicted octanol–water partition coefficient (Wildman–Crippen LogP) is 4.46. The number of fused-ring (bicyclic) bond motifs is 2. The maximum atomic E-state index is 4.67. The molecule has 1 atom stereocenters. The van der Waals surface area contributed by atoms with Gasteiger partial charge in [-0.1, -0.05) is 12.1 Å². The van der Waals surface area contributed by atoms with Crippen molar-refractivity contribution in [1.82, 2.24) is 33.9 Å². The van der Waals surface area contributed by atoms with Gasteiger partial charge in [0.25, 0.3) is 0 Å². The van der Waals surface area contributed by atoms with Crippen LogP contribution in [0, 0.1) is 0 Å². The van der Waals surface area contributed by atoms with Crippen LogP contribution in [0.25, 0.3) is 33.1 Å². The fraction of sp³-hybridized carbons (Fsp3) is 0.154. The first-order chi connectivity index (χ1) is 16.6. The van der Waals surface area contributed by atoms with Crippen molar-refractivity contribution < 1.29 is 0 Å². The molecule has 0 aliphatic carbocycles. The van der Waals surface area contributed by atoms with Crippen molar-refractivity contribution in [3.05, 3.63) is 91.2 Å². The lowest BCUT2D eigenvalue weighted by atomic mass is 10.0. The van der Waals surface area contributed by atoms with Crippen LogP contribution >= 0.6 is 0 Å². The molecule has 6 rings (SSSR count).